The third-order valence-corrected chi connectivity index (χ3v) is 3.26. The Kier molecular flexibility index (Phi) is 3.80. The van der Waals surface area contributed by atoms with E-state index in [1.165, 1.54) is 6.07 Å². The van der Waals surface area contributed by atoms with Crippen LogP contribution in [0.25, 0.3) is 0 Å². The standard InChI is InChI=1S/C9H4BrF3N4OS/c10-6-2-1-4(3-5(6)9(11,12)13)7(18)14-8-15-16-17-19-8/h1-3H,(H,14,15,17,18). The number of hydrogen-bond donors (Lipinski definition) is 1. The van der Waals surface area contributed by atoms with Crippen LogP contribution in [0.1, 0.15) is 15.9 Å². The second-order valence-electron chi connectivity index (χ2n) is 3.31. The normalized spacial score (nSPS) is 11.4. The fourth-order valence-corrected chi connectivity index (χ4v) is 2.07. The molecule has 0 aliphatic carbocycles. The van der Waals surface area contributed by atoms with Crippen molar-refractivity contribution in [2.75, 3.05) is 5.32 Å². The van der Waals surface area contributed by atoms with E-state index >= 15 is 0 Å². The Hall–Kier alpha value is -1.55. The molecule has 2 aromatic rings. The number of carbonyl (C=O) groups is 1. The van der Waals surface area contributed by atoms with Crippen LogP contribution in [-0.2, 0) is 6.18 Å². The van der Waals surface area contributed by atoms with Gasteiger partial charge in [-0.25, -0.2) is 0 Å². The van der Waals surface area contributed by atoms with Crippen LogP contribution in [0.3, 0.4) is 0 Å². The Balaban J connectivity index is 2.28. The lowest BCUT2D eigenvalue weighted by molar-refractivity contribution is -0.138. The molecule has 0 atom stereocenters. The van der Waals surface area contributed by atoms with Gasteiger partial charge in [0.2, 0.25) is 5.13 Å². The van der Waals surface area contributed by atoms with E-state index in [1.807, 2.05) is 0 Å². The Bertz CT molecular complexity index is 602. The first kappa shape index (κ1) is 13.9. The van der Waals surface area contributed by atoms with E-state index in [2.05, 4.69) is 36.0 Å². The first-order valence-corrected chi connectivity index (χ1v) is 6.27. The lowest BCUT2D eigenvalue weighted by Crippen LogP contribution is -2.14. The highest BCUT2D eigenvalue weighted by atomic mass is 79.9. The Morgan fingerprint density at radius 3 is 2.68 bits per heavy atom. The fraction of sp³-hybridized carbons (Fsp3) is 0.111. The molecule has 0 unspecified atom stereocenters. The smallest absolute Gasteiger partial charge is 0.295 e. The van der Waals surface area contributed by atoms with Crippen LogP contribution >= 0.6 is 27.5 Å². The highest BCUT2D eigenvalue weighted by Crippen LogP contribution is 2.35. The maximum atomic E-state index is 12.7. The lowest BCUT2D eigenvalue weighted by Gasteiger charge is -2.10. The number of nitrogens with zero attached hydrogens (tertiary/aromatic N) is 3. The number of hydrogen-bond acceptors (Lipinski definition) is 5. The summed E-state index contributed by atoms with van der Waals surface area (Å²) >= 11 is 3.62. The van der Waals surface area contributed by atoms with E-state index in [1.54, 1.807) is 0 Å². The molecular weight excluding hydrogens is 349 g/mol. The van der Waals surface area contributed by atoms with Gasteiger partial charge in [-0.05, 0) is 23.4 Å². The molecule has 0 saturated carbocycles. The Morgan fingerprint density at radius 1 is 1.37 bits per heavy atom. The highest BCUT2D eigenvalue weighted by molar-refractivity contribution is 9.10. The molecule has 0 radical (unpaired) electrons. The zero-order valence-corrected chi connectivity index (χ0v) is 11.3. The minimum atomic E-state index is -4.54. The Labute approximate surface area is 117 Å². The molecule has 10 heteroatoms. The summed E-state index contributed by atoms with van der Waals surface area (Å²) in [6, 6.07) is 3.19. The van der Waals surface area contributed by atoms with Crippen LogP contribution in [0.5, 0.6) is 0 Å². The number of carbonyl (C=O) groups excluding carboxylic acids is 1. The van der Waals surface area contributed by atoms with E-state index < -0.39 is 17.6 Å². The molecule has 0 bridgehead atoms. The molecular formula is C9H4BrF3N4OS. The number of amides is 1. The summed E-state index contributed by atoms with van der Waals surface area (Å²) in [5.74, 6) is -0.712. The number of alkyl halides is 3. The molecule has 1 N–H and O–H groups in total. The van der Waals surface area contributed by atoms with Crippen LogP contribution in [0, 0.1) is 0 Å². The first-order valence-electron chi connectivity index (χ1n) is 4.71. The number of nitrogens with one attached hydrogen (secondary N) is 1. The van der Waals surface area contributed by atoms with E-state index in [0.717, 1.165) is 23.7 Å². The van der Waals surface area contributed by atoms with Crippen LogP contribution in [0.2, 0.25) is 0 Å². The summed E-state index contributed by atoms with van der Waals surface area (Å²) in [5, 5.41) is 9.13. The molecule has 19 heavy (non-hydrogen) atoms. The maximum Gasteiger partial charge on any atom is 0.417 e. The monoisotopic (exact) mass is 352 g/mol. The van der Waals surface area contributed by atoms with Gasteiger partial charge < -0.3 is 0 Å². The van der Waals surface area contributed by atoms with E-state index in [0.29, 0.717) is 0 Å². The van der Waals surface area contributed by atoms with Crippen molar-refractivity contribution in [2.45, 2.75) is 6.18 Å². The molecule has 1 amide bonds. The fourth-order valence-electron chi connectivity index (χ4n) is 1.23. The molecule has 1 heterocycles. The second-order valence-corrected chi connectivity index (χ2v) is 4.90. The van der Waals surface area contributed by atoms with Crippen LogP contribution < -0.4 is 5.32 Å². The van der Waals surface area contributed by atoms with Crippen LogP contribution in [-0.4, -0.2) is 20.7 Å². The van der Waals surface area contributed by atoms with Crippen molar-refractivity contribution in [2.24, 2.45) is 0 Å². The minimum Gasteiger partial charge on any atom is -0.295 e. The van der Waals surface area contributed by atoms with Crippen molar-refractivity contribution >= 4 is 38.5 Å². The summed E-state index contributed by atoms with van der Waals surface area (Å²) in [6.07, 6.45) is -4.54. The van der Waals surface area contributed by atoms with Gasteiger partial charge in [-0.1, -0.05) is 25.5 Å². The molecule has 0 saturated heterocycles. The summed E-state index contributed by atoms with van der Waals surface area (Å²) in [5.41, 5.74) is -1.05. The van der Waals surface area contributed by atoms with Crippen molar-refractivity contribution in [3.05, 3.63) is 33.8 Å². The van der Waals surface area contributed by atoms with Crippen molar-refractivity contribution in [3.8, 4) is 0 Å². The molecule has 0 aliphatic heterocycles. The van der Waals surface area contributed by atoms with Crippen molar-refractivity contribution in [3.63, 3.8) is 0 Å². The van der Waals surface area contributed by atoms with Gasteiger partial charge in [-0.15, -0.1) is 0 Å². The predicted octanol–water partition coefficient (Wildman–Crippen LogP) is 2.97. The van der Waals surface area contributed by atoms with E-state index in [9.17, 15) is 18.0 Å². The molecule has 0 fully saturated rings. The zero-order chi connectivity index (χ0) is 14.0. The average molecular weight is 353 g/mol. The van der Waals surface area contributed by atoms with Gasteiger partial charge in [0.1, 0.15) is 0 Å². The number of aromatic nitrogens is 3. The minimum absolute atomic E-state index is 0.112. The van der Waals surface area contributed by atoms with Crippen LogP contribution in [0.15, 0.2) is 22.7 Å². The SMILES string of the molecule is O=C(Nc1nnns1)c1ccc(Br)c(C(F)(F)F)c1. The first-order chi connectivity index (χ1) is 8.88. The van der Waals surface area contributed by atoms with Gasteiger partial charge in [0.15, 0.2) is 0 Å². The topological polar surface area (TPSA) is 67.8 Å². The van der Waals surface area contributed by atoms with Crippen LogP contribution in [0.4, 0.5) is 18.3 Å². The number of benzene rings is 1. The number of rotatable bonds is 2. The summed E-state index contributed by atoms with van der Waals surface area (Å²) in [7, 11) is 0. The zero-order valence-electron chi connectivity index (χ0n) is 8.90. The quantitative estimate of drug-likeness (QED) is 0.902. The molecule has 100 valence electrons. The lowest BCUT2D eigenvalue weighted by atomic mass is 10.1. The maximum absolute atomic E-state index is 12.7. The van der Waals surface area contributed by atoms with Gasteiger partial charge in [0.25, 0.3) is 5.91 Å². The van der Waals surface area contributed by atoms with Gasteiger partial charge in [-0.2, -0.15) is 13.2 Å². The van der Waals surface area contributed by atoms with Gasteiger partial charge >= 0.3 is 6.18 Å². The van der Waals surface area contributed by atoms with Gasteiger partial charge in [0, 0.05) is 21.6 Å². The van der Waals surface area contributed by atoms with Crippen molar-refractivity contribution in [1.82, 2.24) is 14.8 Å². The predicted molar refractivity (Wildman–Crippen MR) is 64.8 cm³/mol. The molecule has 0 spiro atoms. The highest BCUT2D eigenvalue weighted by Gasteiger charge is 2.33. The third-order valence-electron chi connectivity index (χ3n) is 2.05. The summed E-state index contributed by atoms with van der Waals surface area (Å²) in [4.78, 5) is 11.7. The van der Waals surface area contributed by atoms with Gasteiger partial charge in [-0.3, -0.25) is 10.1 Å². The molecule has 0 aliphatic rings. The largest absolute Gasteiger partial charge is 0.417 e. The summed E-state index contributed by atoms with van der Waals surface area (Å²) < 4.78 is 41.3. The molecule has 2 rings (SSSR count). The number of halogens is 4. The number of anilines is 1. The average Bonchev–Trinajstić information content (AvgIpc) is 2.80. The second kappa shape index (κ2) is 5.21. The van der Waals surface area contributed by atoms with Gasteiger partial charge in [0.05, 0.1) is 5.56 Å². The van der Waals surface area contributed by atoms with E-state index in [4.69, 9.17) is 0 Å². The molecule has 1 aromatic heterocycles. The van der Waals surface area contributed by atoms with Crippen molar-refractivity contribution < 1.29 is 18.0 Å². The summed E-state index contributed by atoms with van der Waals surface area (Å²) in [6.45, 7) is 0. The Morgan fingerprint density at radius 2 is 2.11 bits per heavy atom. The van der Waals surface area contributed by atoms with Crippen molar-refractivity contribution in [1.29, 1.82) is 0 Å². The molecule has 1 aromatic carbocycles. The van der Waals surface area contributed by atoms with E-state index in [-0.39, 0.29) is 15.2 Å². The molecule has 5 nitrogen and oxygen atoms in total. The third kappa shape index (κ3) is 3.26.